The molecule has 0 radical (unpaired) electrons. The van der Waals surface area contributed by atoms with Crippen molar-refractivity contribution in [3.05, 3.63) is 29.3 Å². The Morgan fingerprint density at radius 3 is 2.39 bits per heavy atom. The Morgan fingerprint density at radius 1 is 1.07 bits per heavy atom. The van der Waals surface area contributed by atoms with Crippen molar-refractivity contribution in [1.82, 2.24) is 15.1 Å². The van der Waals surface area contributed by atoms with Gasteiger partial charge in [0, 0.05) is 25.3 Å². The molecule has 0 saturated carbocycles. The number of thiocarbonyl (C=S) groups is 1. The first-order valence-electron chi connectivity index (χ1n) is 10.1. The summed E-state index contributed by atoms with van der Waals surface area (Å²) >= 11 is 5.45. The van der Waals surface area contributed by atoms with Gasteiger partial charge in [0.05, 0.1) is 6.54 Å². The first-order chi connectivity index (χ1) is 13.4. The lowest BCUT2D eigenvalue weighted by molar-refractivity contribution is -0.140. The van der Waals surface area contributed by atoms with Crippen molar-refractivity contribution in [1.29, 1.82) is 0 Å². The van der Waals surface area contributed by atoms with Gasteiger partial charge >= 0.3 is 0 Å². The van der Waals surface area contributed by atoms with E-state index in [0.717, 1.165) is 62.0 Å². The summed E-state index contributed by atoms with van der Waals surface area (Å²) in [4.78, 5) is 29.0. The molecule has 152 valence electrons. The molecule has 0 aromatic heterocycles. The Labute approximate surface area is 172 Å². The number of hydrogen-bond donors (Lipinski definition) is 2. The minimum atomic E-state index is -0.389. The molecule has 28 heavy (non-hydrogen) atoms. The Hall–Kier alpha value is -2.15. The number of hydrogen-bond acceptors (Lipinski definition) is 3. The third kappa shape index (κ3) is 5.44. The van der Waals surface area contributed by atoms with E-state index in [9.17, 15) is 9.59 Å². The number of rotatable bonds is 4. The van der Waals surface area contributed by atoms with Gasteiger partial charge in [-0.2, -0.15) is 0 Å². The van der Waals surface area contributed by atoms with Crippen LogP contribution in [-0.2, 0) is 9.59 Å². The SMILES string of the molecule is Cc1cc(C)cc(NC(=S)N[C@H]2CCCCN(CC(=O)N3CCCC3)C2=O)c1. The first kappa shape index (κ1) is 20.6. The maximum atomic E-state index is 13.0. The monoisotopic (exact) mass is 402 g/mol. The summed E-state index contributed by atoms with van der Waals surface area (Å²) in [7, 11) is 0. The number of anilines is 1. The van der Waals surface area contributed by atoms with Gasteiger partial charge in [-0.25, -0.2) is 0 Å². The Balaban J connectivity index is 1.59. The molecule has 0 spiro atoms. The first-order valence-corrected chi connectivity index (χ1v) is 10.6. The van der Waals surface area contributed by atoms with Crippen molar-refractivity contribution in [2.24, 2.45) is 0 Å². The molecule has 3 rings (SSSR count). The topological polar surface area (TPSA) is 64.7 Å². The van der Waals surface area contributed by atoms with Gasteiger partial charge in [0.1, 0.15) is 6.04 Å². The van der Waals surface area contributed by atoms with Crippen LogP contribution in [0.4, 0.5) is 5.69 Å². The number of nitrogens with one attached hydrogen (secondary N) is 2. The third-order valence-corrected chi connectivity index (χ3v) is 5.57. The molecule has 1 aromatic rings. The molecule has 0 aliphatic carbocycles. The second-order valence-corrected chi connectivity index (χ2v) is 8.28. The van der Waals surface area contributed by atoms with E-state index >= 15 is 0 Å². The number of likely N-dealkylation sites (tertiary alicyclic amines) is 2. The smallest absolute Gasteiger partial charge is 0.245 e. The number of nitrogens with zero attached hydrogens (tertiary/aromatic N) is 2. The highest BCUT2D eigenvalue weighted by Gasteiger charge is 2.30. The van der Waals surface area contributed by atoms with E-state index in [0.29, 0.717) is 11.7 Å². The van der Waals surface area contributed by atoms with Gasteiger partial charge in [0.15, 0.2) is 5.11 Å². The number of carbonyl (C=O) groups excluding carboxylic acids is 2. The van der Waals surface area contributed by atoms with Gasteiger partial charge in [0.2, 0.25) is 11.8 Å². The van der Waals surface area contributed by atoms with E-state index in [1.165, 1.54) is 0 Å². The fourth-order valence-corrected chi connectivity index (χ4v) is 4.26. The lowest BCUT2D eigenvalue weighted by Crippen LogP contribution is -2.51. The van der Waals surface area contributed by atoms with Crippen LogP contribution in [0.5, 0.6) is 0 Å². The van der Waals surface area contributed by atoms with Crippen LogP contribution in [-0.4, -0.2) is 58.9 Å². The van der Waals surface area contributed by atoms with Gasteiger partial charge in [-0.1, -0.05) is 6.07 Å². The Bertz CT molecular complexity index is 726. The zero-order chi connectivity index (χ0) is 20.1. The summed E-state index contributed by atoms with van der Waals surface area (Å²) in [5, 5.41) is 6.80. The van der Waals surface area contributed by atoms with Crippen LogP contribution in [0.2, 0.25) is 0 Å². The van der Waals surface area contributed by atoms with E-state index in [2.05, 4.69) is 16.7 Å². The van der Waals surface area contributed by atoms with Crippen molar-refractivity contribution < 1.29 is 9.59 Å². The molecular formula is C21H30N4O2S. The molecule has 6 nitrogen and oxygen atoms in total. The van der Waals surface area contributed by atoms with Crippen molar-refractivity contribution in [3.8, 4) is 0 Å². The second kappa shape index (κ2) is 9.37. The zero-order valence-electron chi connectivity index (χ0n) is 16.8. The highest BCUT2D eigenvalue weighted by atomic mass is 32.1. The Kier molecular flexibility index (Phi) is 6.88. The summed E-state index contributed by atoms with van der Waals surface area (Å²) in [5.41, 5.74) is 3.22. The normalized spacial score (nSPS) is 20.1. The second-order valence-electron chi connectivity index (χ2n) is 7.87. The van der Waals surface area contributed by atoms with Crippen LogP contribution in [0.25, 0.3) is 0 Å². The average molecular weight is 403 g/mol. The molecule has 1 atom stereocenters. The van der Waals surface area contributed by atoms with Crippen LogP contribution in [0, 0.1) is 13.8 Å². The average Bonchev–Trinajstić information content (AvgIpc) is 3.11. The molecule has 2 heterocycles. The minimum absolute atomic E-state index is 0.0328. The Morgan fingerprint density at radius 2 is 1.71 bits per heavy atom. The third-order valence-electron chi connectivity index (χ3n) is 5.35. The number of amides is 2. The van der Waals surface area contributed by atoms with Crippen LogP contribution in [0.15, 0.2) is 18.2 Å². The van der Waals surface area contributed by atoms with E-state index in [1.54, 1.807) is 4.90 Å². The van der Waals surface area contributed by atoms with E-state index < -0.39 is 0 Å². The largest absolute Gasteiger partial charge is 0.351 e. The number of aryl methyl sites for hydroxylation is 2. The van der Waals surface area contributed by atoms with Gasteiger partial charge in [-0.15, -0.1) is 0 Å². The molecule has 0 bridgehead atoms. The quantitative estimate of drug-likeness (QED) is 0.758. The van der Waals surface area contributed by atoms with Crippen LogP contribution >= 0.6 is 12.2 Å². The maximum absolute atomic E-state index is 13.0. The molecule has 2 N–H and O–H groups in total. The zero-order valence-corrected chi connectivity index (χ0v) is 17.6. The summed E-state index contributed by atoms with van der Waals surface area (Å²) in [6.07, 6.45) is 4.69. The van der Waals surface area contributed by atoms with Crippen molar-refractivity contribution >= 4 is 34.8 Å². The summed E-state index contributed by atoms with van der Waals surface area (Å²) < 4.78 is 0. The minimum Gasteiger partial charge on any atom is -0.351 e. The molecule has 2 aliphatic heterocycles. The summed E-state index contributed by atoms with van der Waals surface area (Å²) in [5.74, 6) is 0.0251. The molecule has 2 fully saturated rings. The molecule has 2 aliphatic rings. The van der Waals surface area contributed by atoms with Gasteiger partial charge in [0.25, 0.3) is 0 Å². The van der Waals surface area contributed by atoms with E-state index in [-0.39, 0.29) is 24.4 Å². The molecular weight excluding hydrogens is 372 g/mol. The summed E-state index contributed by atoms with van der Waals surface area (Å²) in [6.45, 7) is 6.51. The van der Waals surface area contributed by atoms with Crippen LogP contribution < -0.4 is 10.6 Å². The van der Waals surface area contributed by atoms with Crippen molar-refractivity contribution in [3.63, 3.8) is 0 Å². The lowest BCUT2D eigenvalue weighted by Gasteiger charge is -2.27. The van der Waals surface area contributed by atoms with Crippen molar-refractivity contribution in [2.75, 3.05) is 31.5 Å². The predicted octanol–water partition coefficient (Wildman–Crippen LogP) is 2.59. The highest BCUT2D eigenvalue weighted by Crippen LogP contribution is 2.16. The molecule has 7 heteroatoms. The standard InChI is InChI=1S/C21H30N4O2S/c1-15-11-16(2)13-17(12-15)22-21(28)23-18-7-3-4-10-25(20(18)27)14-19(26)24-8-5-6-9-24/h11-13,18H,3-10,14H2,1-2H3,(H2,22,23,28)/t18-/m0/s1. The fraction of sp³-hybridized carbons (Fsp3) is 0.571. The van der Waals surface area contributed by atoms with Gasteiger partial charge in [-0.3, -0.25) is 9.59 Å². The van der Waals surface area contributed by atoms with E-state index in [4.69, 9.17) is 12.2 Å². The highest BCUT2D eigenvalue weighted by molar-refractivity contribution is 7.80. The molecule has 0 unspecified atom stereocenters. The fourth-order valence-electron chi connectivity index (χ4n) is 4.00. The molecule has 2 saturated heterocycles. The molecule has 1 aromatic carbocycles. The molecule has 2 amide bonds. The van der Waals surface area contributed by atoms with E-state index in [1.807, 2.05) is 30.9 Å². The summed E-state index contributed by atoms with van der Waals surface area (Å²) in [6, 6.07) is 5.76. The predicted molar refractivity (Wildman–Crippen MR) is 115 cm³/mol. The van der Waals surface area contributed by atoms with Gasteiger partial charge in [-0.05, 0) is 81.4 Å². The number of benzene rings is 1. The van der Waals surface area contributed by atoms with Crippen LogP contribution in [0.1, 0.15) is 43.2 Å². The van der Waals surface area contributed by atoms with Crippen molar-refractivity contribution in [2.45, 2.75) is 52.0 Å². The lowest BCUT2D eigenvalue weighted by atomic mass is 10.1. The maximum Gasteiger partial charge on any atom is 0.245 e. The number of carbonyl (C=O) groups is 2. The van der Waals surface area contributed by atoms with Gasteiger partial charge < -0.3 is 20.4 Å². The van der Waals surface area contributed by atoms with Crippen LogP contribution in [0.3, 0.4) is 0 Å².